The second-order valence-corrected chi connectivity index (χ2v) is 23.1. The molecule has 0 heteroatoms. The fraction of sp³-hybridized carbons (Fsp3) is 0.692. The summed E-state index contributed by atoms with van der Waals surface area (Å²) >= 11 is 0. The molecule has 0 heterocycles. The van der Waals surface area contributed by atoms with Crippen LogP contribution in [0, 0.1) is 64.1 Å². The molecule has 8 bridgehead atoms. The highest BCUT2D eigenvalue weighted by molar-refractivity contribution is 5.82. The van der Waals surface area contributed by atoms with E-state index in [1.54, 1.807) is 39.0 Å². The Morgan fingerprint density at radius 1 is 0.615 bits per heavy atom. The van der Waals surface area contributed by atoms with Crippen LogP contribution in [0.2, 0.25) is 0 Å². The number of hydrogen-bond donors (Lipinski definition) is 0. The van der Waals surface area contributed by atoms with E-state index in [-0.39, 0.29) is 10.8 Å². The van der Waals surface area contributed by atoms with Gasteiger partial charge in [0, 0.05) is 11.3 Å². The summed E-state index contributed by atoms with van der Waals surface area (Å²) in [4.78, 5) is 0. The molecule has 3 atom stereocenters. The third-order valence-corrected chi connectivity index (χ3v) is 19.1. The van der Waals surface area contributed by atoms with Crippen molar-refractivity contribution in [2.75, 3.05) is 0 Å². The average Bonchev–Trinajstić information content (AvgIpc) is 3.76. The summed E-state index contributed by atoms with van der Waals surface area (Å²) in [5.41, 5.74) is 17.0. The van der Waals surface area contributed by atoms with Gasteiger partial charge in [0.15, 0.2) is 0 Å². The second-order valence-electron chi connectivity index (χ2n) is 23.1. The normalized spacial score (nSPS) is 44.7. The van der Waals surface area contributed by atoms with Gasteiger partial charge in [0.05, 0.1) is 0 Å². The molecule has 52 heavy (non-hydrogen) atoms. The van der Waals surface area contributed by atoms with E-state index in [1.807, 2.05) is 11.1 Å². The van der Waals surface area contributed by atoms with Crippen LogP contribution in [0.4, 0.5) is 0 Å². The molecular weight excluding hydrogens is 625 g/mol. The van der Waals surface area contributed by atoms with Gasteiger partial charge < -0.3 is 0 Å². The van der Waals surface area contributed by atoms with Crippen molar-refractivity contribution < 1.29 is 0 Å². The van der Waals surface area contributed by atoms with Crippen molar-refractivity contribution in [3.8, 4) is 11.1 Å². The molecule has 0 radical (unpaired) electrons. The number of hydrogen-bond acceptors (Lipinski definition) is 0. The first-order valence-corrected chi connectivity index (χ1v) is 22.8. The molecular formula is C52H66. The van der Waals surface area contributed by atoms with Crippen molar-refractivity contribution in [3.05, 3.63) is 81.4 Å². The van der Waals surface area contributed by atoms with Crippen molar-refractivity contribution in [3.63, 3.8) is 0 Å². The Morgan fingerprint density at radius 2 is 1.08 bits per heavy atom. The maximum Gasteiger partial charge on any atom is 0.0204 e. The highest BCUT2D eigenvalue weighted by Crippen LogP contribution is 2.73. The molecule has 3 unspecified atom stereocenters. The monoisotopic (exact) mass is 691 g/mol. The second kappa shape index (κ2) is 10.6. The van der Waals surface area contributed by atoms with Gasteiger partial charge in [0.2, 0.25) is 0 Å². The molecule has 2 aromatic rings. The molecule has 0 spiro atoms. The van der Waals surface area contributed by atoms with Gasteiger partial charge in [0.1, 0.15) is 0 Å². The third kappa shape index (κ3) is 4.18. The Morgan fingerprint density at radius 3 is 1.52 bits per heavy atom. The van der Waals surface area contributed by atoms with Gasteiger partial charge in [-0.1, -0.05) is 101 Å². The van der Waals surface area contributed by atoms with Crippen LogP contribution in [-0.4, -0.2) is 0 Å². The molecule has 12 aliphatic rings. The fourth-order valence-electron chi connectivity index (χ4n) is 17.9. The van der Waals surface area contributed by atoms with Crippen LogP contribution < -0.4 is 0 Å². The zero-order valence-electron chi connectivity index (χ0n) is 33.3. The summed E-state index contributed by atoms with van der Waals surface area (Å²) in [7, 11) is 0. The van der Waals surface area contributed by atoms with E-state index in [2.05, 4.69) is 77.1 Å². The van der Waals surface area contributed by atoms with Gasteiger partial charge in [-0.2, -0.15) is 0 Å². The molecule has 9 saturated carbocycles. The first kappa shape index (κ1) is 32.2. The molecule has 2 aromatic carbocycles. The van der Waals surface area contributed by atoms with Gasteiger partial charge in [-0.25, -0.2) is 0 Å². The molecule has 0 amide bonds. The third-order valence-electron chi connectivity index (χ3n) is 19.1. The van der Waals surface area contributed by atoms with Crippen molar-refractivity contribution in [1.82, 2.24) is 0 Å². The van der Waals surface area contributed by atoms with Crippen LogP contribution in [-0.2, 0) is 10.8 Å². The number of benzene rings is 2. The summed E-state index contributed by atoms with van der Waals surface area (Å²) in [5.74, 6) is 8.58. The van der Waals surface area contributed by atoms with E-state index in [9.17, 15) is 0 Å². The molecule has 0 N–H and O–H groups in total. The molecule has 0 aromatic heterocycles. The summed E-state index contributed by atoms with van der Waals surface area (Å²) in [6.07, 6.45) is 27.8. The average molecular weight is 691 g/mol. The minimum absolute atomic E-state index is 0.178. The molecule has 0 aliphatic heterocycles. The summed E-state index contributed by atoms with van der Waals surface area (Å²) in [5, 5.41) is 0. The van der Waals surface area contributed by atoms with Crippen molar-refractivity contribution in [1.29, 1.82) is 0 Å². The zero-order chi connectivity index (χ0) is 34.9. The minimum Gasteiger partial charge on any atom is -0.0619 e. The van der Waals surface area contributed by atoms with Gasteiger partial charge in [-0.15, -0.1) is 0 Å². The predicted molar refractivity (Wildman–Crippen MR) is 215 cm³/mol. The molecule has 12 aliphatic carbocycles. The number of fused-ring (bicyclic) bond motifs is 5. The van der Waals surface area contributed by atoms with Gasteiger partial charge >= 0.3 is 0 Å². The van der Waals surface area contributed by atoms with Gasteiger partial charge in [0.25, 0.3) is 0 Å². The summed E-state index contributed by atoms with van der Waals surface area (Å²) < 4.78 is 0. The smallest absolute Gasteiger partial charge is 0.0204 e. The SMILES string of the molecule is CC(C)C1(C2c3ccc(C45CC6CC(CC(C6)C4)C5)cc3-c3cc(C45CC6CC(CC(C6)C4)C5)ccc32)C2=C(CC(C(C)(C)C)=C2)C2CCCCC21. The van der Waals surface area contributed by atoms with E-state index in [0.29, 0.717) is 22.7 Å². The van der Waals surface area contributed by atoms with Crippen LogP contribution >= 0.6 is 0 Å². The lowest BCUT2D eigenvalue weighted by molar-refractivity contribution is -0.00534. The first-order valence-electron chi connectivity index (χ1n) is 22.8. The lowest BCUT2D eigenvalue weighted by atomic mass is 9.48. The van der Waals surface area contributed by atoms with Crippen LogP contribution in [0.25, 0.3) is 11.1 Å². The summed E-state index contributed by atoms with van der Waals surface area (Å²) in [6.45, 7) is 12.7. The van der Waals surface area contributed by atoms with Gasteiger partial charge in [-0.05, 0) is 205 Å². The predicted octanol–water partition coefficient (Wildman–Crippen LogP) is 13.9. The fourth-order valence-corrected chi connectivity index (χ4v) is 17.9. The number of rotatable bonds is 4. The highest BCUT2D eigenvalue weighted by Gasteiger charge is 2.62. The largest absolute Gasteiger partial charge is 0.0619 e. The topological polar surface area (TPSA) is 0 Å². The Labute approximate surface area is 316 Å². The van der Waals surface area contributed by atoms with Crippen LogP contribution in [0.1, 0.15) is 172 Å². The molecule has 14 rings (SSSR count). The van der Waals surface area contributed by atoms with Crippen molar-refractivity contribution >= 4 is 0 Å². The van der Waals surface area contributed by atoms with E-state index in [4.69, 9.17) is 0 Å². The maximum atomic E-state index is 2.87. The number of allylic oxidation sites excluding steroid dienone is 4. The molecule has 0 nitrogen and oxygen atoms in total. The van der Waals surface area contributed by atoms with Crippen LogP contribution in [0.5, 0.6) is 0 Å². The molecule has 0 saturated heterocycles. The Balaban J connectivity index is 1.06. The van der Waals surface area contributed by atoms with E-state index in [1.165, 1.54) is 109 Å². The quantitative estimate of drug-likeness (QED) is 0.300. The molecule has 9 fully saturated rings. The zero-order valence-corrected chi connectivity index (χ0v) is 33.3. The standard InChI is InChI=1S/C52H66/c1-30(2)52(46-9-7-6-8-40(46)45-22-39(23-47(45)52)49(3,4)5)48-41-12-10-37(50-24-31-14-32(25-50)16-33(15-31)26-50)20-43(41)44-21-38(11-13-42(44)48)51-27-34-17-35(28-51)19-36(18-34)29-51/h10-13,20-21,23,30-36,40,46,48H,6-9,14-19,22,24-29H2,1-5H3. The van der Waals surface area contributed by atoms with Crippen molar-refractivity contribution in [2.24, 2.45) is 64.1 Å². The lowest BCUT2D eigenvalue weighted by Gasteiger charge is -2.57. The minimum atomic E-state index is 0.178. The van der Waals surface area contributed by atoms with E-state index < -0.39 is 0 Å². The van der Waals surface area contributed by atoms with E-state index in [0.717, 1.165) is 47.3 Å². The molecule has 274 valence electrons. The summed E-state index contributed by atoms with van der Waals surface area (Å²) in [6, 6.07) is 16.7. The first-order chi connectivity index (χ1) is 25.0. The Bertz CT molecular complexity index is 1750. The van der Waals surface area contributed by atoms with E-state index >= 15 is 0 Å². The van der Waals surface area contributed by atoms with Crippen LogP contribution in [0.3, 0.4) is 0 Å². The van der Waals surface area contributed by atoms with Gasteiger partial charge in [-0.3, -0.25) is 0 Å². The highest BCUT2D eigenvalue weighted by atomic mass is 14.7. The maximum absolute atomic E-state index is 2.87. The Kier molecular flexibility index (Phi) is 6.57. The Hall–Kier alpha value is -2.08. The lowest BCUT2D eigenvalue weighted by Crippen LogP contribution is -2.48. The van der Waals surface area contributed by atoms with Crippen molar-refractivity contribution in [2.45, 2.75) is 161 Å². The van der Waals surface area contributed by atoms with Crippen LogP contribution in [0.15, 0.2) is 59.2 Å².